The van der Waals surface area contributed by atoms with Gasteiger partial charge < -0.3 is 4.42 Å². The van der Waals surface area contributed by atoms with Crippen molar-refractivity contribution < 1.29 is 30.6 Å². The Labute approximate surface area is 166 Å². The second kappa shape index (κ2) is 6.86. The van der Waals surface area contributed by atoms with Gasteiger partial charge in [-0.3, -0.25) is 0 Å². The van der Waals surface area contributed by atoms with E-state index in [4.69, 9.17) is 16.0 Å². The Hall–Kier alpha value is -1.37. The number of rotatable bonds is 2. The summed E-state index contributed by atoms with van der Waals surface area (Å²) in [7, 11) is 0. The second-order valence-corrected chi connectivity index (χ2v) is 6.36. The van der Waals surface area contributed by atoms with Gasteiger partial charge in [-0.15, -0.1) is 0 Å². The van der Waals surface area contributed by atoms with Gasteiger partial charge in [-0.25, -0.2) is 0 Å². The molecule has 1 aliphatic carbocycles. The Bertz CT molecular complexity index is 920. The van der Waals surface area contributed by atoms with Crippen LogP contribution in [0.1, 0.15) is 28.2 Å². The van der Waals surface area contributed by atoms with Crippen molar-refractivity contribution in [2.24, 2.45) is 0 Å². The summed E-state index contributed by atoms with van der Waals surface area (Å²) in [6, 6.07) is 16.4. The van der Waals surface area contributed by atoms with Crippen molar-refractivity contribution in [1.82, 2.24) is 0 Å². The maximum absolute atomic E-state index is 6.03. The van der Waals surface area contributed by atoms with Gasteiger partial charge >= 0.3 is 0 Å². The van der Waals surface area contributed by atoms with E-state index >= 15 is 0 Å². The number of benzene rings is 2. The first-order valence-corrected chi connectivity index (χ1v) is 8.02. The molecule has 3 aromatic rings. The Morgan fingerprint density at radius 1 is 0.875 bits per heavy atom. The van der Waals surface area contributed by atoms with Crippen molar-refractivity contribution >= 4 is 23.3 Å². The SMILES string of the molecule is Cc1ccc(C2=Cc3c(ccc(C)c3-c3ccc(Cl)cc3)[CH]2)o1.[Zr]. The van der Waals surface area contributed by atoms with Crippen LogP contribution in [0, 0.1) is 20.3 Å². The number of hydrogen-bond acceptors (Lipinski definition) is 1. The molecular weight excluding hydrogens is 395 g/mol. The topological polar surface area (TPSA) is 13.1 Å². The van der Waals surface area contributed by atoms with Crippen LogP contribution in [0.5, 0.6) is 0 Å². The number of fused-ring (bicyclic) bond motifs is 1. The summed E-state index contributed by atoms with van der Waals surface area (Å²) in [4.78, 5) is 0. The Balaban J connectivity index is 0.00000169. The Morgan fingerprint density at radius 2 is 1.62 bits per heavy atom. The quantitative estimate of drug-likeness (QED) is 0.481. The van der Waals surface area contributed by atoms with Crippen LogP contribution in [0.3, 0.4) is 0 Å². The van der Waals surface area contributed by atoms with Crippen LogP contribution in [-0.4, -0.2) is 0 Å². The molecule has 1 nitrogen and oxygen atoms in total. The van der Waals surface area contributed by atoms with Gasteiger partial charge in [-0.1, -0.05) is 35.9 Å². The number of allylic oxidation sites excluding steroid dienone is 1. The Morgan fingerprint density at radius 3 is 2.29 bits per heavy atom. The van der Waals surface area contributed by atoms with Crippen LogP contribution >= 0.6 is 11.6 Å². The van der Waals surface area contributed by atoms with Crippen LogP contribution in [0.2, 0.25) is 5.02 Å². The molecule has 24 heavy (non-hydrogen) atoms. The summed E-state index contributed by atoms with van der Waals surface area (Å²) in [5.41, 5.74) is 7.29. The Kier molecular flexibility index (Phi) is 4.99. The number of furan rings is 1. The van der Waals surface area contributed by atoms with Gasteiger partial charge in [-0.05, 0) is 72.0 Å². The summed E-state index contributed by atoms with van der Waals surface area (Å²) >= 11 is 6.03. The molecule has 3 heteroatoms. The van der Waals surface area contributed by atoms with E-state index in [2.05, 4.69) is 43.7 Å². The largest absolute Gasteiger partial charge is 0.462 e. The van der Waals surface area contributed by atoms with Crippen LogP contribution in [-0.2, 0) is 26.2 Å². The molecule has 1 radical (unpaired) electrons. The summed E-state index contributed by atoms with van der Waals surface area (Å²) < 4.78 is 5.77. The third-order valence-corrected chi connectivity index (χ3v) is 4.51. The first-order chi connectivity index (χ1) is 11.1. The molecule has 0 aliphatic heterocycles. The van der Waals surface area contributed by atoms with Crippen molar-refractivity contribution in [2.75, 3.05) is 0 Å². The van der Waals surface area contributed by atoms with E-state index in [-0.39, 0.29) is 26.2 Å². The first kappa shape index (κ1) is 17.5. The smallest absolute Gasteiger partial charge is 0.130 e. The molecule has 1 aliphatic rings. The molecule has 0 atom stereocenters. The van der Waals surface area contributed by atoms with Gasteiger partial charge in [0.2, 0.25) is 0 Å². The fourth-order valence-electron chi connectivity index (χ4n) is 3.12. The average Bonchev–Trinajstić information content (AvgIpc) is 3.14. The van der Waals surface area contributed by atoms with Crippen LogP contribution < -0.4 is 0 Å². The van der Waals surface area contributed by atoms with Crippen LogP contribution in [0.15, 0.2) is 52.9 Å². The van der Waals surface area contributed by atoms with E-state index < -0.39 is 0 Å². The molecule has 117 valence electrons. The van der Waals surface area contributed by atoms with E-state index in [0.29, 0.717) is 0 Å². The zero-order chi connectivity index (χ0) is 16.0. The molecule has 0 amide bonds. The molecule has 1 aromatic heterocycles. The standard InChI is InChI=1S/C21H16ClO.Zr/c1-13-3-5-16-11-17(20-10-4-14(2)23-20)12-19(16)21(13)15-6-8-18(22)9-7-15;/h3-12H,1-2H3;. The van der Waals surface area contributed by atoms with Crippen molar-refractivity contribution in [2.45, 2.75) is 13.8 Å². The molecule has 0 saturated carbocycles. The van der Waals surface area contributed by atoms with E-state index in [1.54, 1.807) is 0 Å². The van der Waals surface area contributed by atoms with Crippen molar-refractivity contribution in [1.29, 1.82) is 0 Å². The van der Waals surface area contributed by atoms with E-state index in [1.165, 1.54) is 27.8 Å². The molecule has 0 unspecified atom stereocenters. The minimum atomic E-state index is 0. The van der Waals surface area contributed by atoms with E-state index in [1.807, 2.05) is 31.2 Å². The molecule has 0 spiro atoms. The van der Waals surface area contributed by atoms with Gasteiger partial charge in [0.05, 0.1) is 0 Å². The van der Waals surface area contributed by atoms with E-state index in [9.17, 15) is 0 Å². The first-order valence-electron chi connectivity index (χ1n) is 7.64. The van der Waals surface area contributed by atoms with Crippen LogP contribution in [0.4, 0.5) is 0 Å². The third-order valence-electron chi connectivity index (χ3n) is 4.26. The summed E-state index contributed by atoms with van der Waals surface area (Å²) in [6.07, 6.45) is 4.40. The van der Waals surface area contributed by atoms with Crippen molar-refractivity contribution in [3.63, 3.8) is 0 Å². The number of hydrogen-bond donors (Lipinski definition) is 0. The summed E-state index contributed by atoms with van der Waals surface area (Å²) in [6.45, 7) is 4.11. The number of halogens is 1. The molecule has 0 saturated heterocycles. The fourth-order valence-corrected chi connectivity index (χ4v) is 3.25. The predicted octanol–water partition coefficient (Wildman–Crippen LogP) is 6.32. The van der Waals surface area contributed by atoms with Gasteiger partial charge in [0.1, 0.15) is 11.5 Å². The van der Waals surface area contributed by atoms with Crippen molar-refractivity contribution in [3.8, 4) is 11.1 Å². The second-order valence-electron chi connectivity index (χ2n) is 5.92. The zero-order valence-electron chi connectivity index (χ0n) is 13.6. The molecule has 0 bridgehead atoms. The summed E-state index contributed by atoms with van der Waals surface area (Å²) in [5, 5.41) is 0.757. The molecule has 1 heterocycles. The van der Waals surface area contributed by atoms with E-state index in [0.717, 1.165) is 22.1 Å². The maximum atomic E-state index is 6.03. The predicted molar refractivity (Wildman–Crippen MR) is 96.3 cm³/mol. The van der Waals surface area contributed by atoms with Gasteiger partial charge in [-0.2, -0.15) is 0 Å². The van der Waals surface area contributed by atoms with Gasteiger partial charge in [0, 0.05) is 43.2 Å². The molecule has 0 fully saturated rings. The fraction of sp³-hybridized carbons (Fsp3) is 0.0952. The van der Waals surface area contributed by atoms with Gasteiger partial charge in [0.25, 0.3) is 0 Å². The zero-order valence-corrected chi connectivity index (χ0v) is 16.8. The molecular formula is C21H16ClOZr. The molecule has 4 rings (SSSR count). The minimum Gasteiger partial charge on any atom is -0.462 e. The molecule has 0 N–H and O–H groups in total. The normalized spacial score (nSPS) is 12.5. The third kappa shape index (κ3) is 3.10. The summed E-state index contributed by atoms with van der Waals surface area (Å²) in [5.74, 6) is 1.85. The number of aryl methyl sites for hydroxylation is 2. The van der Waals surface area contributed by atoms with Crippen LogP contribution in [0.25, 0.3) is 22.8 Å². The maximum Gasteiger partial charge on any atom is 0.130 e. The monoisotopic (exact) mass is 409 g/mol. The minimum absolute atomic E-state index is 0. The molecule has 2 aromatic carbocycles. The average molecular weight is 411 g/mol. The van der Waals surface area contributed by atoms with Gasteiger partial charge in [0.15, 0.2) is 0 Å². The van der Waals surface area contributed by atoms with Crippen molar-refractivity contribution in [3.05, 3.63) is 88.2 Å².